The van der Waals surface area contributed by atoms with E-state index in [2.05, 4.69) is 16.4 Å². The molecule has 2 saturated carbocycles. The maximum absolute atomic E-state index is 13.6. The average Bonchev–Trinajstić information content (AvgIpc) is 3.15. The average molecular weight is 493 g/mol. The van der Waals surface area contributed by atoms with E-state index in [-0.39, 0.29) is 47.8 Å². The summed E-state index contributed by atoms with van der Waals surface area (Å²) in [4.78, 5) is 29.2. The highest BCUT2D eigenvalue weighted by Gasteiger charge is 2.54. The number of fused-ring (bicyclic) bond motifs is 2. The molecule has 0 radical (unpaired) electrons. The Bertz CT molecular complexity index is 1130. The van der Waals surface area contributed by atoms with E-state index in [1.807, 2.05) is 31.2 Å². The smallest absolute Gasteiger partial charge is 0.407 e. The maximum atomic E-state index is 13.6. The van der Waals surface area contributed by atoms with Gasteiger partial charge < -0.3 is 14.8 Å². The molecule has 0 spiro atoms. The zero-order valence-electron chi connectivity index (χ0n) is 20.7. The van der Waals surface area contributed by atoms with Crippen molar-refractivity contribution in [2.24, 2.45) is 29.6 Å². The largest absolute Gasteiger partial charge is 0.462 e. The van der Waals surface area contributed by atoms with Crippen molar-refractivity contribution in [1.29, 1.82) is 0 Å². The fourth-order valence-electron chi connectivity index (χ4n) is 6.64. The number of alkyl carbamates (subject to hydrolysis) is 1. The standard InChI is InChI=1S/C29H33FN2O4/c1-3-35-29(34)32-23-10-11-24-20(14-23)15-26-27(17(2)36-28(26)33)25(24)12-9-22-8-7-19(16-31-22)18-5-4-6-21(30)13-18/h4-9,12-13,16-17,20,23-27H,3,10-11,14-15H2,1-2H3,(H,32,34)/b12-9+/t17-,20+,23+,24-,25+,26-,27+/m0/s1. The SMILES string of the molecule is CCOC(=O)N[C@@H]1CC[C@H]2[C@H](C1)C[C@@H]1C(=O)O[C@@H](C)[C@@H]1[C@@H]2/C=C/c1ccc(-c2cccc(F)c2)cn1. The van der Waals surface area contributed by atoms with Crippen LogP contribution >= 0.6 is 0 Å². The molecular formula is C29H33FN2O4. The lowest BCUT2D eigenvalue weighted by Gasteiger charge is -2.47. The van der Waals surface area contributed by atoms with E-state index in [4.69, 9.17) is 9.47 Å². The van der Waals surface area contributed by atoms with Gasteiger partial charge in [-0.05, 0) is 87.1 Å². The van der Waals surface area contributed by atoms with Gasteiger partial charge in [-0.2, -0.15) is 0 Å². The normalized spacial score (nSPS) is 31.4. The summed E-state index contributed by atoms with van der Waals surface area (Å²) in [5.41, 5.74) is 2.48. The summed E-state index contributed by atoms with van der Waals surface area (Å²) in [6.07, 6.45) is 9.07. The highest BCUT2D eigenvalue weighted by atomic mass is 19.1. The summed E-state index contributed by atoms with van der Waals surface area (Å²) in [6, 6.07) is 10.4. The number of benzene rings is 1. The second-order valence-corrected chi connectivity index (χ2v) is 10.3. The number of carbonyl (C=O) groups excluding carboxylic acids is 2. The zero-order valence-corrected chi connectivity index (χ0v) is 20.7. The van der Waals surface area contributed by atoms with Crippen LogP contribution < -0.4 is 5.32 Å². The molecule has 1 aliphatic heterocycles. The number of pyridine rings is 1. The Balaban J connectivity index is 1.34. The Labute approximate surface area is 211 Å². The van der Waals surface area contributed by atoms with Gasteiger partial charge in [0.15, 0.2) is 0 Å². The molecule has 0 bridgehead atoms. The number of carbonyl (C=O) groups is 2. The van der Waals surface area contributed by atoms with Crippen molar-refractivity contribution in [3.63, 3.8) is 0 Å². The van der Waals surface area contributed by atoms with Crippen molar-refractivity contribution in [3.05, 3.63) is 60.2 Å². The first-order chi connectivity index (χ1) is 17.4. The molecule has 2 aliphatic carbocycles. The molecule has 1 saturated heterocycles. The van der Waals surface area contributed by atoms with Crippen LogP contribution in [0.5, 0.6) is 0 Å². The molecule has 5 rings (SSSR count). The molecular weight excluding hydrogens is 459 g/mol. The number of nitrogens with one attached hydrogen (secondary N) is 1. The van der Waals surface area contributed by atoms with Gasteiger partial charge in [0, 0.05) is 23.7 Å². The van der Waals surface area contributed by atoms with Crippen LogP contribution in [0.3, 0.4) is 0 Å². The van der Waals surface area contributed by atoms with Crippen LogP contribution in [-0.2, 0) is 14.3 Å². The Hall–Kier alpha value is -3.22. The fourth-order valence-corrected chi connectivity index (χ4v) is 6.64. The maximum Gasteiger partial charge on any atom is 0.407 e. The molecule has 3 fully saturated rings. The first kappa shape index (κ1) is 24.5. The molecule has 1 N–H and O–H groups in total. The summed E-state index contributed by atoms with van der Waals surface area (Å²) in [5.74, 6) is 0.629. The van der Waals surface area contributed by atoms with Crippen molar-refractivity contribution in [1.82, 2.24) is 10.3 Å². The molecule has 1 aromatic heterocycles. The Morgan fingerprint density at radius 2 is 2.08 bits per heavy atom. The minimum absolute atomic E-state index is 0.0679. The molecule has 0 unspecified atom stereocenters. The number of amides is 1. The zero-order chi connectivity index (χ0) is 25.2. The predicted molar refractivity (Wildman–Crippen MR) is 134 cm³/mol. The molecule has 2 heterocycles. The van der Waals surface area contributed by atoms with Gasteiger partial charge in [-0.3, -0.25) is 9.78 Å². The Morgan fingerprint density at radius 1 is 1.22 bits per heavy atom. The van der Waals surface area contributed by atoms with Crippen LogP contribution in [0.1, 0.15) is 45.2 Å². The number of halogens is 1. The molecule has 3 aliphatic rings. The summed E-state index contributed by atoms with van der Waals surface area (Å²) in [6.45, 7) is 4.15. The van der Waals surface area contributed by atoms with Gasteiger partial charge >= 0.3 is 12.1 Å². The van der Waals surface area contributed by atoms with Gasteiger partial charge in [-0.25, -0.2) is 9.18 Å². The first-order valence-electron chi connectivity index (χ1n) is 13.0. The first-order valence-corrected chi connectivity index (χ1v) is 13.0. The summed E-state index contributed by atoms with van der Waals surface area (Å²) >= 11 is 0. The third kappa shape index (κ3) is 5.01. The lowest BCUT2D eigenvalue weighted by Crippen LogP contribution is -2.48. The molecule has 1 aromatic carbocycles. The number of cyclic esters (lactones) is 1. The molecule has 190 valence electrons. The van der Waals surface area contributed by atoms with Crippen LogP contribution in [0.2, 0.25) is 0 Å². The highest BCUT2D eigenvalue weighted by Crippen LogP contribution is 2.53. The van der Waals surface area contributed by atoms with E-state index in [1.54, 1.807) is 19.2 Å². The number of rotatable bonds is 5. The number of nitrogens with zero attached hydrogens (tertiary/aromatic N) is 1. The van der Waals surface area contributed by atoms with E-state index in [0.717, 1.165) is 42.5 Å². The van der Waals surface area contributed by atoms with Crippen molar-refractivity contribution >= 4 is 18.1 Å². The monoisotopic (exact) mass is 492 g/mol. The molecule has 6 nitrogen and oxygen atoms in total. The number of allylic oxidation sites excluding steroid dienone is 1. The predicted octanol–water partition coefficient (Wildman–Crippen LogP) is 5.63. The van der Waals surface area contributed by atoms with Crippen LogP contribution in [0.15, 0.2) is 48.7 Å². The van der Waals surface area contributed by atoms with Gasteiger partial charge in [0.05, 0.1) is 18.2 Å². The van der Waals surface area contributed by atoms with Crippen LogP contribution in [0.4, 0.5) is 9.18 Å². The van der Waals surface area contributed by atoms with Crippen molar-refractivity contribution < 1.29 is 23.5 Å². The van der Waals surface area contributed by atoms with Gasteiger partial charge in [0.2, 0.25) is 0 Å². The van der Waals surface area contributed by atoms with Gasteiger partial charge in [-0.15, -0.1) is 0 Å². The minimum Gasteiger partial charge on any atom is -0.462 e. The second kappa shape index (κ2) is 10.4. The third-order valence-corrected chi connectivity index (χ3v) is 8.18. The Kier molecular flexibility index (Phi) is 7.08. The number of aromatic nitrogens is 1. The highest BCUT2D eigenvalue weighted by molar-refractivity contribution is 5.75. The quantitative estimate of drug-likeness (QED) is 0.548. The molecule has 7 heteroatoms. The van der Waals surface area contributed by atoms with Gasteiger partial charge in [-0.1, -0.05) is 24.3 Å². The van der Waals surface area contributed by atoms with Crippen LogP contribution in [0, 0.1) is 35.4 Å². The number of hydrogen-bond donors (Lipinski definition) is 1. The van der Waals surface area contributed by atoms with E-state index >= 15 is 0 Å². The Morgan fingerprint density at radius 3 is 2.83 bits per heavy atom. The van der Waals surface area contributed by atoms with Crippen molar-refractivity contribution in [2.45, 2.75) is 51.7 Å². The molecule has 2 aromatic rings. The second-order valence-electron chi connectivity index (χ2n) is 10.3. The summed E-state index contributed by atoms with van der Waals surface area (Å²) < 4.78 is 24.3. The topological polar surface area (TPSA) is 77.5 Å². The van der Waals surface area contributed by atoms with Gasteiger partial charge in [0.25, 0.3) is 0 Å². The number of esters is 1. The van der Waals surface area contributed by atoms with E-state index in [1.165, 1.54) is 12.1 Å². The third-order valence-electron chi connectivity index (χ3n) is 8.18. The molecule has 7 atom stereocenters. The summed E-state index contributed by atoms with van der Waals surface area (Å²) in [7, 11) is 0. The van der Waals surface area contributed by atoms with Crippen LogP contribution in [-0.4, -0.2) is 35.8 Å². The number of hydrogen-bond acceptors (Lipinski definition) is 5. The molecule has 36 heavy (non-hydrogen) atoms. The lowest BCUT2D eigenvalue weighted by atomic mass is 9.57. The van der Waals surface area contributed by atoms with E-state index in [9.17, 15) is 14.0 Å². The molecule has 1 amide bonds. The fraction of sp³-hybridized carbons (Fsp3) is 0.483. The van der Waals surface area contributed by atoms with E-state index < -0.39 is 0 Å². The van der Waals surface area contributed by atoms with E-state index in [0.29, 0.717) is 18.4 Å². The lowest BCUT2D eigenvalue weighted by molar-refractivity contribution is -0.144. The summed E-state index contributed by atoms with van der Waals surface area (Å²) in [5, 5.41) is 3.00. The van der Waals surface area contributed by atoms with Crippen molar-refractivity contribution in [2.75, 3.05) is 6.61 Å². The minimum atomic E-state index is -0.368. The van der Waals surface area contributed by atoms with Gasteiger partial charge in [0.1, 0.15) is 11.9 Å². The van der Waals surface area contributed by atoms with Crippen LogP contribution in [0.25, 0.3) is 17.2 Å². The van der Waals surface area contributed by atoms with Crippen molar-refractivity contribution in [3.8, 4) is 11.1 Å². The number of ether oxygens (including phenoxy) is 2.